The van der Waals surface area contributed by atoms with Crippen molar-refractivity contribution < 1.29 is 9.53 Å². The molecule has 0 bridgehead atoms. The van der Waals surface area contributed by atoms with Crippen LogP contribution >= 0.6 is 0 Å². The average molecular weight is 292 g/mol. The van der Waals surface area contributed by atoms with Gasteiger partial charge < -0.3 is 15.4 Å². The number of carbonyl (C=O) groups excluding carboxylic acids is 1. The summed E-state index contributed by atoms with van der Waals surface area (Å²) in [7, 11) is 0. The van der Waals surface area contributed by atoms with Gasteiger partial charge in [-0.25, -0.2) is 0 Å². The van der Waals surface area contributed by atoms with E-state index in [-0.39, 0.29) is 5.91 Å². The van der Waals surface area contributed by atoms with Crippen molar-refractivity contribution in [1.29, 1.82) is 0 Å². The van der Waals surface area contributed by atoms with Crippen LogP contribution in [0.1, 0.15) is 50.9 Å². The van der Waals surface area contributed by atoms with E-state index in [1.807, 2.05) is 18.7 Å². The average Bonchev–Trinajstić information content (AvgIpc) is 2.50. The molecule has 0 spiro atoms. The summed E-state index contributed by atoms with van der Waals surface area (Å²) >= 11 is 0. The summed E-state index contributed by atoms with van der Waals surface area (Å²) in [6.07, 6.45) is 2.18. The van der Waals surface area contributed by atoms with Crippen LogP contribution in [0, 0.1) is 5.92 Å². The van der Waals surface area contributed by atoms with Crippen molar-refractivity contribution in [2.24, 2.45) is 5.92 Å². The summed E-state index contributed by atoms with van der Waals surface area (Å²) in [5, 5.41) is 0. The molecule has 4 nitrogen and oxygen atoms in total. The van der Waals surface area contributed by atoms with E-state index < -0.39 is 0 Å². The molecule has 2 N–H and O–H groups in total. The van der Waals surface area contributed by atoms with Crippen molar-refractivity contribution in [3.8, 4) is 5.75 Å². The lowest BCUT2D eigenvalue weighted by atomic mass is 10.0. The molecule has 1 aromatic rings. The monoisotopic (exact) mass is 292 g/mol. The summed E-state index contributed by atoms with van der Waals surface area (Å²) in [5.74, 6) is 1.23. The van der Waals surface area contributed by atoms with Gasteiger partial charge in [0.15, 0.2) is 0 Å². The SMILES string of the molecule is CCOc1ccc(C(=O)N(CC)CC(CC)CC)cc1N. The first-order valence-electron chi connectivity index (χ1n) is 7.88. The maximum atomic E-state index is 12.6. The Hall–Kier alpha value is -1.71. The molecule has 1 amide bonds. The molecule has 1 rings (SSSR count). The van der Waals surface area contributed by atoms with Gasteiger partial charge in [-0.3, -0.25) is 4.79 Å². The number of nitrogen functional groups attached to an aromatic ring is 1. The molecule has 0 aromatic heterocycles. The van der Waals surface area contributed by atoms with E-state index in [4.69, 9.17) is 10.5 Å². The fraction of sp³-hybridized carbons (Fsp3) is 0.588. The van der Waals surface area contributed by atoms with Gasteiger partial charge in [-0.1, -0.05) is 26.7 Å². The summed E-state index contributed by atoms with van der Waals surface area (Å²) < 4.78 is 5.41. The topological polar surface area (TPSA) is 55.6 Å². The van der Waals surface area contributed by atoms with Crippen molar-refractivity contribution in [2.45, 2.75) is 40.5 Å². The Balaban J connectivity index is 2.87. The first-order chi connectivity index (χ1) is 10.1. The molecule has 0 fully saturated rings. The van der Waals surface area contributed by atoms with Gasteiger partial charge in [0.05, 0.1) is 12.3 Å². The molecule has 0 aliphatic heterocycles. The molecule has 0 aliphatic carbocycles. The predicted molar refractivity (Wildman–Crippen MR) is 87.7 cm³/mol. The maximum absolute atomic E-state index is 12.6. The Labute approximate surface area is 128 Å². The van der Waals surface area contributed by atoms with Crippen LogP contribution in [0.2, 0.25) is 0 Å². The zero-order valence-electron chi connectivity index (χ0n) is 13.7. The maximum Gasteiger partial charge on any atom is 0.253 e. The van der Waals surface area contributed by atoms with E-state index in [0.717, 1.165) is 19.4 Å². The minimum Gasteiger partial charge on any atom is -0.492 e. The number of hydrogen-bond donors (Lipinski definition) is 1. The van der Waals surface area contributed by atoms with Gasteiger partial charge in [-0.2, -0.15) is 0 Å². The number of hydrogen-bond acceptors (Lipinski definition) is 3. The fourth-order valence-corrected chi connectivity index (χ4v) is 2.37. The number of nitrogens with zero attached hydrogens (tertiary/aromatic N) is 1. The smallest absolute Gasteiger partial charge is 0.253 e. The third-order valence-corrected chi connectivity index (χ3v) is 3.86. The zero-order valence-corrected chi connectivity index (χ0v) is 13.7. The van der Waals surface area contributed by atoms with E-state index in [2.05, 4.69) is 13.8 Å². The van der Waals surface area contributed by atoms with Crippen LogP contribution in [0.25, 0.3) is 0 Å². The first-order valence-corrected chi connectivity index (χ1v) is 7.88. The molecule has 0 heterocycles. The molecular weight excluding hydrogens is 264 g/mol. The second-order valence-corrected chi connectivity index (χ2v) is 5.21. The highest BCUT2D eigenvalue weighted by molar-refractivity contribution is 5.95. The highest BCUT2D eigenvalue weighted by Crippen LogP contribution is 2.23. The van der Waals surface area contributed by atoms with Crippen LogP contribution in [-0.4, -0.2) is 30.5 Å². The normalized spacial score (nSPS) is 10.7. The van der Waals surface area contributed by atoms with Gasteiger partial charge >= 0.3 is 0 Å². The molecule has 1 aromatic carbocycles. The second kappa shape index (κ2) is 8.55. The molecule has 0 aliphatic rings. The van der Waals surface area contributed by atoms with Crippen molar-refractivity contribution in [3.63, 3.8) is 0 Å². The third-order valence-electron chi connectivity index (χ3n) is 3.86. The van der Waals surface area contributed by atoms with E-state index in [9.17, 15) is 4.79 Å². The third kappa shape index (κ3) is 4.66. The number of ether oxygens (including phenoxy) is 1. The Morgan fingerprint density at radius 1 is 1.24 bits per heavy atom. The van der Waals surface area contributed by atoms with E-state index in [1.165, 1.54) is 0 Å². The Morgan fingerprint density at radius 3 is 2.38 bits per heavy atom. The zero-order chi connectivity index (χ0) is 15.8. The number of amides is 1. The Morgan fingerprint density at radius 2 is 1.90 bits per heavy atom. The fourth-order valence-electron chi connectivity index (χ4n) is 2.37. The van der Waals surface area contributed by atoms with Crippen molar-refractivity contribution in [2.75, 3.05) is 25.4 Å². The molecule has 0 atom stereocenters. The molecule has 21 heavy (non-hydrogen) atoms. The van der Waals surface area contributed by atoms with Crippen LogP contribution in [0.5, 0.6) is 5.75 Å². The van der Waals surface area contributed by atoms with Crippen LogP contribution < -0.4 is 10.5 Å². The Kier molecular flexibility index (Phi) is 7.06. The van der Waals surface area contributed by atoms with Crippen molar-refractivity contribution in [1.82, 2.24) is 4.90 Å². The molecule has 0 unspecified atom stereocenters. The van der Waals surface area contributed by atoms with Crippen LogP contribution in [0.4, 0.5) is 5.69 Å². The standard InChI is InChI=1S/C17H28N2O2/c1-5-13(6-2)12-19(7-3)17(20)14-9-10-16(21-8-4)15(18)11-14/h9-11,13H,5-8,12,18H2,1-4H3. The highest BCUT2D eigenvalue weighted by atomic mass is 16.5. The number of anilines is 1. The van der Waals surface area contributed by atoms with Crippen LogP contribution in [-0.2, 0) is 0 Å². The lowest BCUT2D eigenvalue weighted by Gasteiger charge is -2.25. The summed E-state index contributed by atoms with van der Waals surface area (Å²) in [5.41, 5.74) is 7.09. The van der Waals surface area contributed by atoms with E-state index >= 15 is 0 Å². The quantitative estimate of drug-likeness (QED) is 0.745. The van der Waals surface area contributed by atoms with Crippen LogP contribution in [0.15, 0.2) is 18.2 Å². The minimum absolute atomic E-state index is 0.0409. The minimum atomic E-state index is 0.0409. The number of rotatable bonds is 8. The molecule has 0 saturated carbocycles. The summed E-state index contributed by atoms with van der Waals surface area (Å²) in [4.78, 5) is 14.5. The van der Waals surface area contributed by atoms with E-state index in [0.29, 0.717) is 36.1 Å². The van der Waals surface area contributed by atoms with Crippen LogP contribution in [0.3, 0.4) is 0 Å². The summed E-state index contributed by atoms with van der Waals surface area (Å²) in [6, 6.07) is 5.28. The highest BCUT2D eigenvalue weighted by Gasteiger charge is 2.18. The van der Waals surface area contributed by atoms with Gasteiger partial charge in [-0.15, -0.1) is 0 Å². The molecular formula is C17H28N2O2. The van der Waals surface area contributed by atoms with Crippen molar-refractivity contribution >= 4 is 11.6 Å². The van der Waals surface area contributed by atoms with Gasteiger partial charge in [0, 0.05) is 18.7 Å². The molecule has 4 heteroatoms. The number of nitrogens with two attached hydrogens (primary N) is 1. The largest absolute Gasteiger partial charge is 0.492 e. The van der Waals surface area contributed by atoms with Crippen molar-refractivity contribution in [3.05, 3.63) is 23.8 Å². The number of carbonyl (C=O) groups is 1. The molecule has 0 radical (unpaired) electrons. The predicted octanol–water partition coefficient (Wildman–Crippen LogP) is 3.57. The molecule has 118 valence electrons. The van der Waals surface area contributed by atoms with Gasteiger partial charge in [0.1, 0.15) is 5.75 Å². The summed E-state index contributed by atoms with van der Waals surface area (Å²) in [6.45, 7) is 10.3. The van der Waals surface area contributed by atoms with Gasteiger partial charge in [0.25, 0.3) is 5.91 Å². The lowest BCUT2D eigenvalue weighted by molar-refractivity contribution is 0.0735. The number of benzene rings is 1. The second-order valence-electron chi connectivity index (χ2n) is 5.21. The lowest BCUT2D eigenvalue weighted by Crippen LogP contribution is -2.35. The first kappa shape index (κ1) is 17.3. The van der Waals surface area contributed by atoms with Gasteiger partial charge in [0.2, 0.25) is 0 Å². The van der Waals surface area contributed by atoms with E-state index in [1.54, 1.807) is 18.2 Å². The molecule has 0 saturated heterocycles. The van der Waals surface area contributed by atoms with Gasteiger partial charge in [-0.05, 0) is 38.0 Å². The Bertz CT molecular complexity index is 456.